The zero-order chi connectivity index (χ0) is 11.6. The van der Waals surface area contributed by atoms with Crippen molar-refractivity contribution < 1.29 is 9.53 Å². The van der Waals surface area contributed by atoms with Crippen LogP contribution in [0.1, 0.15) is 43.7 Å². The van der Waals surface area contributed by atoms with Gasteiger partial charge in [0.15, 0.2) is 0 Å². The minimum Gasteiger partial charge on any atom is -0.454 e. The van der Waals surface area contributed by atoms with Crippen LogP contribution in [0.15, 0.2) is 24.3 Å². The monoisotopic (exact) mass is 218 g/mol. The molecule has 1 aliphatic rings. The van der Waals surface area contributed by atoms with Crippen LogP contribution in [0.3, 0.4) is 0 Å². The number of benzene rings is 1. The third-order valence-corrected chi connectivity index (χ3v) is 3.33. The number of esters is 1. The maximum atomic E-state index is 11.2. The van der Waals surface area contributed by atoms with Crippen molar-refractivity contribution in [1.82, 2.24) is 0 Å². The molecule has 0 aliphatic heterocycles. The van der Waals surface area contributed by atoms with Crippen molar-refractivity contribution in [3.63, 3.8) is 0 Å². The van der Waals surface area contributed by atoms with Gasteiger partial charge in [0.2, 0.25) is 0 Å². The Morgan fingerprint density at radius 1 is 1.19 bits per heavy atom. The lowest BCUT2D eigenvalue weighted by Gasteiger charge is -2.29. The van der Waals surface area contributed by atoms with Gasteiger partial charge in [-0.3, -0.25) is 4.79 Å². The summed E-state index contributed by atoms with van der Waals surface area (Å²) in [5.41, 5.74) is 2.03. The lowest BCUT2D eigenvalue weighted by molar-refractivity contribution is -0.157. The summed E-state index contributed by atoms with van der Waals surface area (Å²) in [6.45, 7) is 3.56. The Kier molecular flexibility index (Phi) is 2.99. The van der Waals surface area contributed by atoms with Gasteiger partial charge in [0.1, 0.15) is 5.60 Å². The zero-order valence-electron chi connectivity index (χ0n) is 9.95. The number of carbonyl (C=O) groups is 1. The van der Waals surface area contributed by atoms with Gasteiger partial charge in [-0.05, 0) is 38.2 Å². The lowest BCUT2D eigenvalue weighted by Crippen LogP contribution is -2.28. The fourth-order valence-corrected chi connectivity index (χ4v) is 2.53. The molecule has 2 heteroatoms. The van der Waals surface area contributed by atoms with Crippen LogP contribution in [0, 0.1) is 6.92 Å². The van der Waals surface area contributed by atoms with Gasteiger partial charge in [-0.2, -0.15) is 0 Å². The second-order valence-electron chi connectivity index (χ2n) is 4.66. The summed E-state index contributed by atoms with van der Waals surface area (Å²) in [4.78, 5) is 11.2. The molecule has 0 spiro atoms. The molecule has 0 bridgehead atoms. The summed E-state index contributed by atoms with van der Waals surface area (Å²) in [6.07, 6.45) is 4.19. The second-order valence-corrected chi connectivity index (χ2v) is 4.66. The van der Waals surface area contributed by atoms with Crippen LogP contribution >= 0.6 is 0 Å². The first-order valence-corrected chi connectivity index (χ1v) is 5.89. The van der Waals surface area contributed by atoms with Gasteiger partial charge in [-0.25, -0.2) is 0 Å². The Balaban J connectivity index is 2.31. The summed E-state index contributed by atoms with van der Waals surface area (Å²) in [7, 11) is 0. The molecule has 1 aliphatic carbocycles. The summed E-state index contributed by atoms with van der Waals surface area (Å²) in [6, 6.07) is 8.34. The van der Waals surface area contributed by atoms with Gasteiger partial charge in [0.25, 0.3) is 0 Å². The van der Waals surface area contributed by atoms with Crippen molar-refractivity contribution >= 4 is 5.97 Å². The average molecular weight is 218 g/mol. The highest BCUT2D eigenvalue weighted by molar-refractivity contribution is 5.67. The number of ether oxygens (including phenoxy) is 1. The van der Waals surface area contributed by atoms with Crippen molar-refractivity contribution in [3.8, 4) is 0 Å². The first kappa shape index (κ1) is 11.2. The molecular formula is C14H18O2. The molecule has 1 fully saturated rings. The summed E-state index contributed by atoms with van der Waals surface area (Å²) in [5, 5.41) is 0. The second kappa shape index (κ2) is 4.28. The molecule has 86 valence electrons. The van der Waals surface area contributed by atoms with E-state index < -0.39 is 0 Å². The van der Waals surface area contributed by atoms with Gasteiger partial charge in [-0.15, -0.1) is 0 Å². The maximum Gasteiger partial charge on any atom is 0.303 e. The van der Waals surface area contributed by atoms with Crippen molar-refractivity contribution in [2.45, 2.75) is 45.1 Å². The number of aryl methyl sites for hydroxylation is 1. The minimum atomic E-state index is -0.348. The van der Waals surface area contributed by atoms with E-state index in [0.717, 1.165) is 31.2 Å². The van der Waals surface area contributed by atoms with Gasteiger partial charge in [-0.1, -0.05) is 29.8 Å². The van der Waals surface area contributed by atoms with E-state index in [1.54, 1.807) is 0 Å². The highest BCUT2D eigenvalue weighted by atomic mass is 16.6. The zero-order valence-corrected chi connectivity index (χ0v) is 9.95. The molecule has 0 heterocycles. The topological polar surface area (TPSA) is 26.3 Å². The number of hydrogen-bond acceptors (Lipinski definition) is 2. The molecule has 0 atom stereocenters. The molecule has 1 aromatic rings. The third kappa shape index (κ3) is 2.11. The molecule has 2 nitrogen and oxygen atoms in total. The number of rotatable bonds is 2. The van der Waals surface area contributed by atoms with E-state index in [2.05, 4.69) is 31.2 Å². The Hall–Kier alpha value is -1.31. The molecule has 2 rings (SSSR count). The van der Waals surface area contributed by atoms with Crippen LogP contribution in [-0.4, -0.2) is 5.97 Å². The maximum absolute atomic E-state index is 11.2. The van der Waals surface area contributed by atoms with Gasteiger partial charge < -0.3 is 4.74 Å². The van der Waals surface area contributed by atoms with E-state index in [-0.39, 0.29) is 11.6 Å². The van der Waals surface area contributed by atoms with Gasteiger partial charge in [0.05, 0.1) is 0 Å². The quantitative estimate of drug-likeness (QED) is 0.712. The lowest BCUT2D eigenvalue weighted by atomic mass is 9.91. The van der Waals surface area contributed by atoms with Crippen molar-refractivity contribution in [2.24, 2.45) is 0 Å². The van der Waals surface area contributed by atoms with Gasteiger partial charge >= 0.3 is 5.97 Å². The summed E-state index contributed by atoms with van der Waals surface area (Å²) < 4.78 is 5.59. The highest BCUT2D eigenvalue weighted by Gasteiger charge is 2.38. The van der Waals surface area contributed by atoms with Gasteiger partial charge in [0, 0.05) is 6.92 Å². The van der Waals surface area contributed by atoms with Crippen LogP contribution in [0.2, 0.25) is 0 Å². The average Bonchev–Trinajstić information content (AvgIpc) is 2.67. The molecule has 0 amide bonds. The Morgan fingerprint density at radius 3 is 2.25 bits per heavy atom. The van der Waals surface area contributed by atoms with E-state index in [1.165, 1.54) is 12.5 Å². The summed E-state index contributed by atoms with van der Waals surface area (Å²) in [5.74, 6) is -0.178. The van der Waals surface area contributed by atoms with E-state index in [4.69, 9.17) is 4.74 Å². The highest BCUT2D eigenvalue weighted by Crippen LogP contribution is 2.42. The largest absolute Gasteiger partial charge is 0.454 e. The number of carbonyl (C=O) groups excluding carboxylic acids is 1. The van der Waals surface area contributed by atoms with Crippen LogP contribution in [0.4, 0.5) is 0 Å². The SMILES string of the molecule is CC(=O)OC1(c2ccc(C)cc2)CCCC1. The van der Waals surface area contributed by atoms with Crippen molar-refractivity contribution in [3.05, 3.63) is 35.4 Å². The van der Waals surface area contributed by atoms with Crippen molar-refractivity contribution in [1.29, 1.82) is 0 Å². The number of hydrogen-bond donors (Lipinski definition) is 0. The first-order valence-electron chi connectivity index (χ1n) is 5.89. The smallest absolute Gasteiger partial charge is 0.303 e. The van der Waals surface area contributed by atoms with Crippen LogP contribution in [0.5, 0.6) is 0 Å². The summed E-state index contributed by atoms with van der Waals surface area (Å²) >= 11 is 0. The molecular weight excluding hydrogens is 200 g/mol. The van der Waals surface area contributed by atoms with Crippen LogP contribution in [-0.2, 0) is 15.1 Å². The van der Waals surface area contributed by atoms with E-state index in [0.29, 0.717) is 0 Å². The molecule has 0 unspecified atom stereocenters. The fraction of sp³-hybridized carbons (Fsp3) is 0.500. The molecule has 16 heavy (non-hydrogen) atoms. The molecule has 0 saturated heterocycles. The van der Waals surface area contributed by atoms with E-state index in [9.17, 15) is 4.79 Å². The fourth-order valence-electron chi connectivity index (χ4n) is 2.53. The van der Waals surface area contributed by atoms with Crippen LogP contribution < -0.4 is 0 Å². The predicted molar refractivity (Wildman–Crippen MR) is 63.1 cm³/mol. The Bertz CT molecular complexity index is 372. The molecule has 1 aromatic carbocycles. The Labute approximate surface area is 96.6 Å². The van der Waals surface area contributed by atoms with Crippen molar-refractivity contribution in [2.75, 3.05) is 0 Å². The first-order chi connectivity index (χ1) is 7.62. The molecule has 1 saturated carbocycles. The third-order valence-electron chi connectivity index (χ3n) is 3.33. The molecule has 0 N–H and O–H groups in total. The van der Waals surface area contributed by atoms with Crippen LogP contribution in [0.25, 0.3) is 0 Å². The normalized spacial score (nSPS) is 18.4. The van der Waals surface area contributed by atoms with E-state index >= 15 is 0 Å². The van der Waals surface area contributed by atoms with E-state index in [1.807, 2.05) is 0 Å². The molecule has 0 aromatic heterocycles. The minimum absolute atomic E-state index is 0.178. The standard InChI is InChI=1S/C14H18O2/c1-11-5-7-13(8-6-11)14(16-12(2)15)9-3-4-10-14/h5-8H,3-4,9-10H2,1-2H3. The molecule has 0 radical (unpaired) electrons. The Morgan fingerprint density at radius 2 is 1.75 bits per heavy atom. The predicted octanol–water partition coefficient (Wildman–Crippen LogP) is 3.33.